The first-order valence-corrected chi connectivity index (χ1v) is 4.65. The van der Waals surface area contributed by atoms with Gasteiger partial charge in [0, 0.05) is 11.6 Å². The minimum Gasteiger partial charge on any atom is -0.477 e. The molecule has 0 aliphatic rings. The molecule has 0 spiro atoms. The van der Waals surface area contributed by atoms with Crippen LogP contribution in [0.3, 0.4) is 0 Å². The van der Waals surface area contributed by atoms with Gasteiger partial charge in [-0.25, -0.2) is 9.78 Å². The largest absolute Gasteiger partial charge is 0.477 e. The van der Waals surface area contributed by atoms with Crippen molar-refractivity contribution in [1.29, 1.82) is 0 Å². The van der Waals surface area contributed by atoms with Gasteiger partial charge in [0.15, 0.2) is 0 Å². The number of pyridine rings is 1. The number of hydrogen-bond donors (Lipinski definition) is 1. The molecule has 0 aliphatic carbocycles. The number of fused-ring (bicyclic) bond motifs is 1. The van der Waals surface area contributed by atoms with Gasteiger partial charge in [-0.3, -0.25) is 0 Å². The molecule has 2 heterocycles. The molecule has 0 aromatic carbocycles. The maximum Gasteiger partial charge on any atom is 0.345 e. The first kappa shape index (κ1) is 11.2. The van der Waals surface area contributed by atoms with E-state index in [1.165, 1.54) is 6.07 Å². The maximum atomic E-state index is 10.6. The molecule has 6 heteroatoms. The molecule has 2 rings (SSSR count). The fourth-order valence-corrected chi connectivity index (χ4v) is 2.14. The van der Waals surface area contributed by atoms with Crippen molar-refractivity contribution >= 4 is 51.5 Å². The van der Waals surface area contributed by atoms with E-state index in [0.717, 1.165) is 11.3 Å². The average Bonchev–Trinajstić information content (AvgIpc) is 2.49. The van der Waals surface area contributed by atoms with E-state index in [2.05, 4.69) is 4.98 Å². The Labute approximate surface area is 94.8 Å². The molecular weight excluding hydrogens is 245 g/mol. The van der Waals surface area contributed by atoms with Crippen LogP contribution in [-0.2, 0) is 0 Å². The fraction of sp³-hybridized carbons (Fsp3) is 0. The number of halogens is 2. The van der Waals surface area contributed by atoms with Gasteiger partial charge >= 0.3 is 5.97 Å². The monoisotopic (exact) mass is 249 g/mol. The Bertz CT molecular complexity index is 483. The molecule has 0 fully saturated rings. The van der Waals surface area contributed by atoms with Crippen molar-refractivity contribution in [2.24, 2.45) is 0 Å². The minimum atomic E-state index is -0.945. The van der Waals surface area contributed by atoms with E-state index in [9.17, 15) is 4.79 Å². The number of rotatable bonds is 1. The molecular formula is C8H5Cl2NO2S. The summed E-state index contributed by atoms with van der Waals surface area (Å²) in [5.41, 5.74) is 0. The van der Waals surface area contributed by atoms with Crippen LogP contribution < -0.4 is 0 Å². The molecule has 0 bridgehead atoms. The number of aromatic carboxylic acids is 1. The second kappa shape index (κ2) is 4.13. The molecule has 1 N–H and O–H groups in total. The molecule has 0 saturated carbocycles. The normalized spacial score (nSPS) is 9.79. The highest BCUT2D eigenvalue weighted by Crippen LogP contribution is 2.28. The first-order valence-electron chi connectivity index (χ1n) is 3.46. The van der Waals surface area contributed by atoms with E-state index in [-0.39, 0.29) is 17.3 Å². The molecule has 0 unspecified atom stereocenters. The summed E-state index contributed by atoms with van der Waals surface area (Å²) in [6, 6.07) is 3.18. The van der Waals surface area contributed by atoms with Gasteiger partial charge < -0.3 is 5.11 Å². The molecule has 3 nitrogen and oxygen atoms in total. The lowest BCUT2D eigenvalue weighted by atomic mass is 10.3. The predicted molar refractivity (Wildman–Crippen MR) is 58.8 cm³/mol. The quantitative estimate of drug-likeness (QED) is 0.846. The zero-order valence-electron chi connectivity index (χ0n) is 6.73. The summed E-state index contributed by atoms with van der Waals surface area (Å²) in [6.07, 6.45) is 1.56. The van der Waals surface area contributed by atoms with E-state index in [0.29, 0.717) is 15.2 Å². The van der Waals surface area contributed by atoms with Crippen LogP contribution in [0.1, 0.15) is 9.67 Å². The number of hydrogen-bond acceptors (Lipinski definition) is 3. The number of carboxylic acid groups (broad SMARTS) is 1. The van der Waals surface area contributed by atoms with Crippen LogP contribution in [0, 0.1) is 0 Å². The third-order valence-corrected chi connectivity index (χ3v) is 2.95. The second-order valence-corrected chi connectivity index (χ2v) is 3.87. The second-order valence-electron chi connectivity index (χ2n) is 2.43. The fourth-order valence-electron chi connectivity index (χ4n) is 1.01. The molecule has 14 heavy (non-hydrogen) atoms. The van der Waals surface area contributed by atoms with Crippen LogP contribution in [0.5, 0.6) is 0 Å². The first-order chi connectivity index (χ1) is 6.18. The average molecular weight is 250 g/mol. The Balaban J connectivity index is 0.000000980. The van der Waals surface area contributed by atoms with Gasteiger partial charge in [-0.05, 0) is 12.1 Å². The Kier molecular flexibility index (Phi) is 3.31. The Morgan fingerprint density at radius 1 is 1.57 bits per heavy atom. The standard InChI is InChI=1S/C8H4ClNO2S.ClH/c9-5-1-2-10-7-4(5)3-6(13-7)8(11)12;/h1-3H,(H,11,12);1H. The van der Waals surface area contributed by atoms with Gasteiger partial charge in [0.1, 0.15) is 9.71 Å². The number of aromatic nitrogens is 1. The Morgan fingerprint density at radius 2 is 2.29 bits per heavy atom. The highest BCUT2D eigenvalue weighted by atomic mass is 35.5. The van der Waals surface area contributed by atoms with E-state index in [1.54, 1.807) is 12.3 Å². The molecule has 0 aliphatic heterocycles. The Hall–Kier alpha value is -0.840. The number of carboxylic acids is 1. The molecule has 74 valence electrons. The van der Waals surface area contributed by atoms with Crippen LogP contribution in [0.15, 0.2) is 18.3 Å². The van der Waals surface area contributed by atoms with E-state index in [4.69, 9.17) is 16.7 Å². The summed E-state index contributed by atoms with van der Waals surface area (Å²) in [4.78, 5) is 15.6. The van der Waals surface area contributed by atoms with Crippen LogP contribution in [-0.4, -0.2) is 16.1 Å². The summed E-state index contributed by atoms with van der Waals surface area (Å²) in [7, 11) is 0. The highest BCUT2D eigenvalue weighted by Gasteiger charge is 2.10. The molecule has 2 aromatic heterocycles. The molecule has 0 radical (unpaired) electrons. The number of nitrogens with zero attached hydrogens (tertiary/aromatic N) is 1. The molecule has 0 saturated heterocycles. The number of carbonyl (C=O) groups is 1. The topological polar surface area (TPSA) is 50.2 Å². The SMILES string of the molecule is Cl.O=C(O)c1cc2c(Cl)ccnc2s1. The lowest BCUT2D eigenvalue weighted by Gasteiger charge is -1.88. The number of thiophene rings is 1. The third kappa shape index (κ3) is 1.82. The van der Waals surface area contributed by atoms with Crippen molar-refractivity contribution in [1.82, 2.24) is 4.98 Å². The molecule has 0 amide bonds. The zero-order chi connectivity index (χ0) is 9.42. The third-order valence-electron chi connectivity index (χ3n) is 1.59. The van der Waals surface area contributed by atoms with Crippen molar-refractivity contribution in [2.45, 2.75) is 0 Å². The smallest absolute Gasteiger partial charge is 0.345 e. The van der Waals surface area contributed by atoms with Gasteiger partial charge in [0.05, 0.1) is 5.02 Å². The summed E-state index contributed by atoms with van der Waals surface area (Å²) in [5.74, 6) is -0.945. The van der Waals surface area contributed by atoms with Gasteiger partial charge in [-0.15, -0.1) is 23.7 Å². The van der Waals surface area contributed by atoms with Crippen molar-refractivity contribution in [3.05, 3.63) is 28.2 Å². The lowest BCUT2D eigenvalue weighted by Crippen LogP contribution is -1.89. The van der Waals surface area contributed by atoms with Crippen molar-refractivity contribution < 1.29 is 9.90 Å². The molecule has 0 atom stereocenters. The van der Waals surface area contributed by atoms with Crippen molar-refractivity contribution in [2.75, 3.05) is 0 Å². The van der Waals surface area contributed by atoms with Crippen LogP contribution >= 0.6 is 35.3 Å². The van der Waals surface area contributed by atoms with Crippen molar-refractivity contribution in [3.63, 3.8) is 0 Å². The van der Waals surface area contributed by atoms with Gasteiger partial charge in [-0.1, -0.05) is 11.6 Å². The summed E-state index contributed by atoms with van der Waals surface area (Å²) in [5, 5.41) is 9.95. The maximum absolute atomic E-state index is 10.6. The predicted octanol–water partition coefficient (Wildman–Crippen LogP) is 3.07. The summed E-state index contributed by atoms with van der Waals surface area (Å²) in [6.45, 7) is 0. The lowest BCUT2D eigenvalue weighted by molar-refractivity contribution is 0.0702. The van der Waals surface area contributed by atoms with Gasteiger partial charge in [0.25, 0.3) is 0 Å². The minimum absolute atomic E-state index is 0. The van der Waals surface area contributed by atoms with Crippen LogP contribution in [0.4, 0.5) is 0 Å². The van der Waals surface area contributed by atoms with Crippen LogP contribution in [0.25, 0.3) is 10.2 Å². The van der Waals surface area contributed by atoms with Gasteiger partial charge in [0.2, 0.25) is 0 Å². The van der Waals surface area contributed by atoms with Gasteiger partial charge in [-0.2, -0.15) is 0 Å². The van der Waals surface area contributed by atoms with Crippen molar-refractivity contribution in [3.8, 4) is 0 Å². The highest BCUT2D eigenvalue weighted by molar-refractivity contribution is 7.20. The zero-order valence-corrected chi connectivity index (χ0v) is 9.12. The molecule has 2 aromatic rings. The summed E-state index contributed by atoms with van der Waals surface area (Å²) < 4.78 is 0. The van der Waals surface area contributed by atoms with E-state index >= 15 is 0 Å². The van der Waals surface area contributed by atoms with Crippen LogP contribution in [0.2, 0.25) is 5.02 Å². The summed E-state index contributed by atoms with van der Waals surface area (Å²) >= 11 is 6.97. The van der Waals surface area contributed by atoms with E-state index < -0.39 is 5.97 Å². The Morgan fingerprint density at radius 3 is 2.86 bits per heavy atom. The van der Waals surface area contributed by atoms with E-state index in [1.807, 2.05) is 0 Å².